The number of anilines is 1. The molecule has 0 unspecified atom stereocenters. The number of hydrogen-bond donors (Lipinski definition) is 3. The lowest BCUT2D eigenvalue weighted by atomic mass is 10.0. The van der Waals surface area contributed by atoms with Gasteiger partial charge in [-0.25, -0.2) is 0 Å². The minimum absolute atomic E-state index is 0. The molecular formula is C14H18ClN3O2. The molecule has 0 aromatic heterocycles. The van der Waals surface area contributed by atoms with Crippen molar-refractivity contribution in [2.45, 2.75) is 31.8 Å². The lowest BCUT2D eigenvalue weighted by molar-refractivity contribution is -0.122. The van der Waals surface area contributed by atoms with Crippen molar-refractivity contribution in [3.8, 4) is 0 Å². The van der Waals surface area contributed by atoms with Gasteiger partial charge in [0.05, 0.1) is 0 Å². The van der Waals surface area contributed by atoms with Crippen LogP contribution in [0.25, 0.3) is 0 Å². The van der Waals surface area contributed by atoms with E-state index in [4.69, 9.17) is 0 Å². The third-order valence-electron chi connectivity index (χ3n) is 3.67. The molecule has 108 valence electrons. The molecule has 2 amide bonds. The van der Waals surface area contributed by atoms with Crippen LogP contribution in [0.1, 0.15) is 24.0 Å². The van der Waals surface area contributed by atoms with E-state index in [1.54, 1.807) is 0 Å². The van der Waals surface area contributed by atoms with Crippen molar-refractivity contribution in [3.63, 3.8) is 0 Å². The van der Waals surface area contributed by atoms with Gasteiger partial charge in [-0.15, -0.1) is 12.4 Å². The summed E-state index contributed by atoms with van der Waals surface area (Å²) in [6.45, 7) is 1.85. The average Bonchev–Trinajstić information content (AvgIpc) is 2.85. The SMILES string of the molecule is Cl.O=C1CC[C@H](C(=O)Nc2ccc3c(c2)CNCC3)N1. The summed E-state index contributed by atoms with van der Waals surface area (Å²) in [5, 5.41) is 8.86. The normalized spacial score (nSPS) is 20.6. The van der Waals surface area contributed by atoms with Crippen LogP contribution in [0.4, 0.5) is 5.69 Å². The van der Waals surface area contributed by atoms with Crippen molar-refractivity contribution in [2.24, 2.45) is 0 Å². The first-order chi connectivity index (χ1) is 9.22. The van der Waals surface area contributed by atoms with E-state index in [0.29, 0.717) is 12.8 Å². The van der Waals surface area contributed by atoms with Gasteiger partial charge < -0.3 is 16.0 Å². The van der Waals surface area contributed by atoms with Gasteiger partial charge in [0, 0.05) is 18.7 Å². The zero-order chi connectivity index (χ0) is 13.2. The Bertz CT molecular complexity index is 533. The predicted molar refractivity (Wildman–Crippen MR) is 78.9 cm³/mol. The van der Waals surface area contributed by atoms with E-state index in [2.05, 4.69) is 22.0 Å². The number of benzene rings is 1. The maximum Gasteiger partial charge on any atom is 0.246 e. The molecule has 0 aliphatic carbocycles. The highest BCUT2D eigenvalue weighted by molar-refractivity contribution is 5.99. The van der Waals surface area contributed by atoms with E-state index < -0.39 is 0 Å². The molecule has 1 saturated heterocycles. The predicted octanol–water partition coefficient (Wildman–Crippen LogP) is 0.971. The van der Waals surface area contributed by atoms with Crippen molar-refractivity contribution < 1.29 is 9.59 Å². The van der Waals surface area contributed by atoms with E-state index >= 15 is 0 Å². The second-order valence-corrected chi connectivity index (χ2v) is 5.06. The van der Waals surface area contributed by atoms with Crippen molar-refractivity contribution >= 4 is 29.9 Å². The number of rotatable bonds is 2. The molecule has 0 saturated carbocycles. The monoisotopic (exact) mass is 295 g/mol. The van der Waals surface area contributed by atoms with Crippen LogP contribution in [-0.2, 0) is 22.6 Å². The van der Waals surface area contributed by atoms with Gasteiger partial charge in [-0.1, -0.05) is 6.07 Å². The molecule has 1 aromatic rings. The Morgan fingerprint density at radius 3 is 2.85 bits per heavy atom. The van der Waals surface area contributed by atoms with Crippen LogP contribution in [0.3, 0.4) is 0 Å². The number of amides is 2. The molecule has 2 heterocycles. The molecule has 3 rings (SSSR count). The van der Waals surface area contributed by atoms with Gasteiger partial charge in [0.15, 0.2) is 0 Å². The number of halogens is 1. The summed E-state index contributed by atoms with van der Waals surface area (Å²) in [6.07, 6.45) is 2.05. The Hall–Kier alpha value is -1.59. The summed E-state index contributed by atoms with van der Waals surface area (Å²) in [6, 6.07) is 5.62. The van der Waals surface area contributed by atoms with E-state index in [0.717, 1.165) is 25.2 Å². The Labute approximate surface area is 123 Å². The quantitative estimate of drug-likeness (QED) is 0.761. The molecule has 0 radical (unpaired) electrons. The van der Waals surface area contributed by atoms with E-state index in [9.17, 15) is 9.59 Å². The summed E-state index contributed by atoms with van der Waals surface area (Å²) in [5.74, 6) is -0.177. The molecule has 0 bridgehead atoms. The highest BCUT2D eigenvalue weighted by Gasteiger charge is 2.27. The third kappa shape index (κ3) is 3.11. The zero-order valence-corrected chi connectivity index (χ0v) is 11.9. The lowest BCUT2D eigenvalue weighted by Crippen LogP contribution is -2.37. The maximum absolute atomic E-state index is 12.0. The topological polar surface area (TPSA) is 70.2 Å². The molecule has 2 aliphatic rings. The van der Waals surface area contributed by atoms with Crippen LogP contribution in [0, 0.1) is 0 Å². The van der Waals surface area contributed by atoms with Gasteiger partial charge in [0.25, 0.3) is 0 Å². The van der Waals surface area contributed by atoms with Crippen LogP contribution in [-0.4, -0.2) is 24.4 Å². The number of carbonyl (C=O) groups is 2. The smallest absolute Gasteiger partial charge is 0.246 e. The summed E-state index contributed by atoms with van der Waals surface area (Å²) in [7, 11) is 0. The number of fused-ring (bicyclic) bond motifs is 1. The first-order valence-corrected chi connectivity index (χ1v) is 6.65. The largest absolute Gasteiger partial charge is 0.344 e. The summed E-state index contributed by atoms with van der Waals surface area (Å²) in [5.41, 5.74) is 3.37. The first-order valence-electron chi connectivity index (χ1n) is 6.65. The van der Waals surface area contributed by atoms with Crippen molar-refractivity contribution in [2.75, 3.05) is 11.9 Å². The van der Waals surface area contributed by atoms with Crippen molar-refractivity contribution in [1.29, 1.82) is 0 Å². The van der Waals surface area contributed by atoms with Crippen LogP contribution < -0.4 is 16.0 Å². The summed E-state index contributed by atoms with van der Waals surface area (Å²) >= 11 is 0. The minimum Gasteiger partial charge on any atom is -0.344 e. The van der Waals surface area contributed by atoms with Gasteiger partial charge in [0.1, 0.15) is 6.04 Å². The van der Waals surface area contributed by atoms with Gasteiger partial charge in [0.2, 0.25) is 11.8 Å². The average molecular weight is 296 g/mol. The molecule has 2 aliphatic heterocycles. The fourth-order valence-corrected chi connectivity index (χ4v) is 2.60. The number of hydrogen-bond acceptors (Lipinski definition) is 3. The lowest BCUT2D eigenvalue weighted by Gasteiger charge is -2.18. The minimum atomic E-state index is -0.387. The van der Waals surface area contributed by atoms with E-state index in [1.165, 1.54) is 11.1 Å². The van der Waals surface area contributed by atoms with Crippen LogP contribution in [0.2, 0.25) is 0 Å². The number of nitrogens with one attached hydrogen (secondary N) is 3. The fraction of sp³-hybridized carbons (Fsp3) is 0.429. The molecule has 1 atom stereocenters. The fourth-order valence-electron chi connectivity index (χ4n) is 2.60. The van der Waals surface area contributed by atoms with Crippen LogP contribution in [0.5, 0.6) is 0 Å². The molecule has 5 nitrogen and oxygen atoms in total. The number of carbonyl (C=O) groups excluding carboxylic acids is 2. The second kappa shape index (κ2) is 6.24. The van der Waals surface area contributed by atoms with E-state index in [1.807, 2.05) is 12.1 Å². The van der Waals surface area contributed by atoms with Gasteiger partial charge in [-0.2, -0.15) is 0 Å². The first kappa shape index (κ1) is 14.8. The Balaban J connectivity index is 0.00000147. The van der Waals surface area contributed by atoms with E-state index in [-0.39, 0.29) is 30.3 Å². The Kier molecular flexibility index (Phi) is 4.62. The van der Waals surface area contributed by atoms with Crippen molar-refractivity contribution in [3.05, 3.63) is 29.3 Å². The van der Waals surface area contributed by atoms with Gasteiger partial charge >= 0.3 is 0 Å². The zero-order valence-electron chi connectivity index (χ0n) is 11.1. The molecule has 6 heteroatoms. The highest BCUT2D eigenvalue weighted by atomic mass is 35.5. The van der Waals surface area contributed by atoms with Gasteiger partial charge in [-0.05, 0) is 42.6 Å². The molecule has 1 fully saturated rings. The van der Waals surface area contributed by atoms with Crippen LogP contribution in [0.15, 0.2) is 18.2 Å². The molecule has 3 N–H and O–H groups in total. The van der Waals surface area contributed by atoms with Gasteiger partial charge in [-0.3, -0.25) is 9.59 Å². The second-order valence-electron chi connectivity index (χ2n) is 5.06. The Morgan fingerprint density at radius 2 is 2.10 bits per heavy atom. The Morgan fingerprint density at radius 1 is 1.25 bits per heavy atom. The van der Waals surface area contributed by atoms with Crippen LogP contribution >= 0.6 is 12.4 Å². The summed E-state index contributed by atoms with van der Waals surface area (Å²) < 4.78 is 0. The molecule has 20 heavy (non-hydrogen) atoms. The highest BCUT2D eigenvalue weighted by Crippen LogP contribution is 2.19. The van der Waals surface area contributed by atoms with Crippen molar-refractivity contribution in [1.82, 2.24) is 10.6 Å². The molecule has 1 aromatic carbocycles. The summed E-state index contributed by atoms with van der Waals surface area (Å²) in [4.78, 5) is 23.1. The standard InChI is InChI=1S/C14H17N3O2.ClH/c18-13-4-3-12(17-13)14(19)16-11-2-1-9-5-6-15-8-10(9)7-11;/h1-2,7,12,15H,3-6,8H2,(H,16,19)(H,17,18);1H/t12-;/m1./s1. The third-order valence-corrected chi connectivity index (χ3v) is 3.67. The maximum atomic E-state index is 12.0. The molecule has 0 spiro atoms. The molecular weight excluding hydrogens is 278 g/mol.